The second-order valence-electron chi connectivity index (χ2n) is 6.71. The molecule has 9 heteroatoms. The molecule has 0 unspecified atom stereocenters. The summed E-state index contributed by atoms with van der Waals surface area (Å²) in [6.07, 6.45) is 5.75. The van der Waals surface area contributed by atoms with E-state index in [1.807, 2.05) is 17.5 Å². The summed E-state index contributed by atoms with van der Waals surface area (Å²) >= 11 is 2.56. The first-order chi connectivity index (χ1) is 13.7. The fraction of sp³-hybridized carbons (Fsp3) is 0.368. The predicted octanol–water partition coefficient (Wildman–Crippen LogP) is 3.64. The molecule has 1 aliphatic carbocycles. The summed E-state index contributed by atoms with van der Waals surface area (Å²) in [5.41, 5.74) is 0.228. The molecule has 0 spiro atoms. The van der Waals surface area contributed by atoms with Crippen molar-refractivity contribution in [2.45, 2.75) is 44.3 Å². The Labute approximate surface area is 170 Å². The Kier molecular flexibility index (Phi) is 5.82. The summed E-state index contributed by atoms with van der Waals surface area (Å²) in [7, 11) is 0. The maximum absolute atomic E-state index is 13.3. The highest BCUT2D eigenvalue weighted by Gasteiger charge is 2.35. The first kappa shape index (κ1) is 18.8. The Morgan fingerprint density at radius 3 is 2.79 bits per heavy atom. The average molecular weight is 417 g/mol. The Morgan fingerprint density at radius 1 is 1.29 bits per heavy atom. The van der Waals surface area contributed by atoms with E-state index in [2.05, 4.69) is 14.9 Å². The lowest BCUT2D eigenvalue weighted by Gasteiger charge is -2.30. The number of carbonyl (C=O) groups excluding carboxylic acids is 2. The number of rotatable bonds is 7. The van der Waals surface area contributed by atoms with Crippen molar-refractivity contribution in [2.24, 2.45) is 0 Å². The molecule has 0 aromatic carbocycles. The Balaban J connectivity index is 1.67. The fourth-order valence-corrected chi connectivity index (χ4v) is 4.74. The van der Waals surface area contributed by atoms with Gasteiger partial charge >= 0.3 is 0 Å². The molecule has 1 atom stereocenters. The third-order valence-electron chi connectivity index (χ3n) is 4.82. The Bertz CT molecular complexity index is 888. The van der Waals surface area contributed by atoms with Gasteiger partial charge in [-0.1, -0.05) is 23.4 Å². The summed E-state index contributed by atoms with van der Waals surface area (Å²) in [5.74, 6) is 0.0920. The normalized spacial score (nSPS) is 15.4. The number of hydrogen-bond donors (Lipinski definition) is 1. The van der Waals surface area contributed by atoms with Gasteiger partial charge in [-0.05, 0) is 48.0 Å². The van der Waals surface area contributed by atoms with Gasteiger partial charge in [0.1, 0.15) is 11.8 Å². The van der Waals surface area contributed by atoms with E-state index in [4.69, 9.17) is 4.42 Å². The van der Waals surface area contributed by atoms with Gasteiger partial charge in [-0.3, -0.25) is 9.59 Å². The topological polar surface area (TPSA) is 88.3 Å². The average Bonchev–Trinajstić information content (AvgIpc) is 3.50. The molecule has 146 valence electrons. The van der Waals surface area contributed by atoms with Crippen LogP contribution in [0.3, 0.4) is 0 Å². The van der Waals surface area contributed by atoms with Crippen molar-refractivity contribution in [3.63, 3.8) is 0 Å². The minimum Gasteiger partial charge on any atom is -0.467 e. The van der Waals surface area contributed by atoms with E-state index < -0.39 is 6.04 Å². The molecule has 1 saturated carbocycles. The van der Waals surface area contributed by atoms with Crippen LogP contribution < -0.4 is 5.32 Å². The molecule has 3 heterocycles. The monoisotopic (exact) mass is 416 g/mol. The van der Waals surface area contributed by atoms with Crippen molar-refractivity contribution < 1.29 is 14.0 Å². The molecular formula is C19H20N4O3S2. The minimum atomic E-state index is -0.750. The van der Waals surface area contributed by atoms with Crippen LogP contribution in [0.25, 0.3) is 0 Å². The molecule has 4 rings (SSSR count). The zero-order valence-electron chi connectivity index (χ0n) is 15.1. The van der Waals surface area contributed by atoms with Crippen LogP contribution in [0.5, 0.6) is 0 Å². The van der Waals surface area contributed by atoms with E-state index in [1.54, 1.807) is 23.8 Å². The smallest absolute Gasteiger partial charge is 0.276 e. The Hall–Kier alpha value is -2.52. The standard InChI is InChI=1S/C19H20N4O3S2/c24-18(20-13-5-1-2-6-13)17(16-8-4-10-27-16)23(11-14-7-3-9-26-14)19(25)15-12-28-22-21-15/h3-4,7-10,12-13,17H,1-2,5-6,11H2,(H,20,24)/t17-/m0/s1. The quantitative estimate of drug-likeness (QED) is 0.635. The maximum Gasteiger partial charge on any atom is 0.276 e. The van der Waals surface area contributed by atoms with Crippen molar-refractivity contribution in [2.75, 3.05) is 0 Å². The van der Waals surface area contributed by atoms with Crippen molar-refractivity contribution in [3.8, 4) is 0 Å². The molecule has 2 amide bonds. The van der Waals surface area contributed by atoms with Gasteiger partial charge in [0.15, 0.2) is 5.69 Å². The van der Waals surface area contributed by atoms with Crippen LogP contribution in [-0.2, 0) is 11.3 Å². The number of amides is 2. The number of thiophene rings is 1. The molecule has 3 aromatic rings. The van der Waals surface area contributed by atoms with E-state index >= 15 is 0 Å². The van der Waals surface area contributed by atoms with E-state index in [0.29, 0.717) is 5.76 Å². The molecule has 0 saturated heterocycles. The molecule has 7 nitrogen and oxygen atoms in total. The first-order valence-corrected chi connectivity index (χ1v) is 10.9. The molecule has 1 fully saturated rings. The van der Waals surface area contributed by atoms with E-state index in [1.165, 1.54) is 16.2 Å². The first-order valence-electron chi connectivity index (χ1n) is 9.16. The molecule has 0 aliphatic heterocycles. The minimum absolute atomic E-state index is 0.163. The molecule has 0 bridgehead atoms. The van der Waals surface area contributed by atoms with Gasteiger partial charge in [-0.2, -0.15) is 0 Å². The van der Waals surface area contributed by atoms with Crippen LogP contribution in [-0.4, -0.2) is 32.3 Å². The summed E-state index contributed by atoms with van der Waals surface area (Å²) in [5, 5.41) is 10.6. The van der Waals surface area contributed by atoms with Crippen LogP contribution in [0.2, 0.25) is 0 Å². The Morgan fingerprint density at radius 2 is 2.14 bits per heavy atom. The zero-order chi connectivity index (χ0) is 19.3. The molecule has 3 aromatic heterocycles. The third-order valence-corrected chi connectivity index (χ3v) is 6.25. The van der Waals surface area contributed by atoms with Crippen molar-refractivity contribution in [1.29, 1.82) is 0 Å². The van der Waals surface area contributed by atoms with Crippen LogP contribution in [0.15, 0.2) is 45.7 Å². The number of nitrogens with one attached hydrogen (secondary N) is 1. The van der Waals surface area contributed by atoms with Gasteiger partial charge in [0.05, 0.1) is 12.8 Å². The number of furan rings is 1. The van der Waals surface area contributed by atoms with Crippen molar-refractivity contribution in [1.82, 2.24) is 19.8 Å². The highest BCUT2D eigenvalue weighted by molar-refractivity contribution is 7.10. The predicted molar refractivity (Wildman–Crippen MR) is 106 cm³/mol. The molecule has 1 N–H and O–H groups in total. The summed E-state index contributed by atoms with van der Waals surface area (Å²) in [6.45, 7) is 0.171. The second-order valence-corrected chi connectivity index (χ2v) is 8.30. The van der Waals surface area contributed by atoms with Gasteiger partial charge in [-0.15, -0.1) is 16.4 Å². The largest absolute Gasteiger partial charge is 0.467 e. The number of aromatic nitrogens is 2. The summed E-state index contributed by atoms with van der Waals surface area (Å²) < 4.78 is 9.25. The van der Waals surface area contributed by atoms with Crippen molar-refractivity contribution >= 4 is 34.7 Å². The number of nitrogens with zero attached hydrogens (tertiary/aromatic N) is 3. The highest BCUT2D eigenvalue weighted by Crippen LogP contribution is 2.30. The van der Waals surface area contributed by atoms with Gasteiger partial charge in [0.25, 0.3) is 5.91 Å². The fourth-order valence-electron chi connectivity index (χ4n) is 3.48. The molecule has 28 heavy (non-hydrogen) atoms. The molecule has 0 radical (unpaired) electrons. The zero-order valence-corrected chi connectivity index (χ0v) is 16.7. The van der Waals surface area contributed by atoms with Crippen LogP contribution >= 0.6 is 22.9 Å². The SMILES string of the molecule is O=C(NC1CCCC1)[C@H](c1cccs1)N(Cc1ccco1)C(=O)c1csnn1. The third kappa shape index (κ3) is 4.15. The van der Waals surface area contributed by atoms with Crippen LogP contribution in [0.1, 0.15) is 52.9 Å². The molecule has 1 aliphatic rings. The maximum atomic E-state index is 13.3. The van der Waals surface area contributed by atoms with Gasteiger partial charge in [0, 0.05) is 16.3 Å². The summed E-state index contributed by atoms with van der Waals surface area (Å²) in [6, 6.07) is 6.73. The second kappa shape index (κ2) is 8.66. The van der Waals surface area contributed by atoms with Gasteiger partial charge in [-0.25, -0.2) is 0 Å². The van der Waals surface area contributed by atoms with Gasteiger partial charge in [0.2, 0.25) is 5.91 Å². The lowest BCUT2D eigenvalue weighted by Crippen LogP contribution is -2.45. The lowest BCUT2D eigenvalue weighted by atomic mass is 10.1. The van der Waals surface area contributed by atoms with Crippen molar-refractivity contribution in [3.05, 3.63) is 57.6 Å². The van der Waals surface area contributed by atoms with E-state index in [-0.39, 0.29) is 30.1 Å². The van der Waals surface area contributed by atoms with E-state index in [9.17, 15) is 9.59 Å². The van der Waals surface area contributed by atoms with Crippen LogP contribution in [0.4, 0.5) is 0 Å². The number of hydrogen-bond acceptors (Lipinski definition) is 7. The van der Waals surface area contributed by atoms with E-state index in [0.717, 1.165) is 42.1 Å². The lowest BCUT2D eigenvalue weighted by molar-refractivity contribution is -0.126. The van der Waals surface area contributed by atoms with Crippen LogP contribution in [0, 0.1) is 0 Å². The van der Waals surface area contributed by atoms with Gasteiger partial charge < -0.3 is 14.6 Å². The molecular weight excluding hydrogens is 396 g/mol. The summed E-state index contributed by atoms with van der Waals surface area (Å²) in [4.78, 5) is 28.8. The number of carbonyl (C=O) groups is 2. The highest BCUT2D eigenvalue weighted by atomic mass is 32.1.